The number of fused-ring (bicyclic) bond motifs is 1. The summed E-state index contributed by atoms with van der Waals surface area (Å²) in [6, 6.07) is 12.2. The van der Waals surface area contributed by atoms with E-state index in [9.17, 15) is 14.4 Å². The first-order valence-corrected chi connectivity index (χ1v) is 10.7. The topological polar surface area (TPSA) is 89.0 Å². The Kier molecular flexibility index (Phi) is 4.82. The van der Waals surface area contributed by atoms with E-state index in [0.29, 0.717) is 24.3 Å². The van der Waals surface area contributed by atoms with Gasteiger partial charge in [-0.1, -0.05) is 23.5 Å². The van der Waals surface area contributed by atoms with Gasteiger partial charge >= 0.3 is 5.97 Å². The van der Waals surface area contributed by atoms with Crippen molar-refractivity contribution in [3.63, 3.8) is 0 Å². The second kappa shape index (κ2) is 7.66. The maximum atomic E-state index is 12.6. The summed E-state index contributed by atoms with van der Waals surface area (Å²) in [5, 5.41) is 0.861. The fraction of sp³-hybridized carbons (Fsp3) is 0.273. The van der Waals surface area contributed by atoms with Gasteiger partial charge in [-0.25, -0.2) is 9.78 Å². The normalized spacial score (nSPS) is 16.7. The number of thiazole rings is 1. The van der Waals surface area contributed by atoms with E-state index in [2.05, 4.69) is 9.88 Å². The molecule has 0 radical (unpaired) electrons. The lowest BCUT2D eigenvalue weighted by Gasteiger charge is -2.38. The van der Waals surface area contributed by atoms with Crippen molar-refractivity contribution in [2.75, 3.05) is 30.0 Å². The van der Waals surface area contributed by atoms with Gasteiger partial charge in [0.25, 0.3) is 0 Å². The molecule has 0 N–H and O–H groups in total. The summed E-state index contributed by atoms with van der Waals surface area (Å²) < 4.78 is 12.0. The number of amides is 2. The standard InChI is InChI=1S/C22H19N3O5S/c1-29-16-6-3-7-17-20(16)23-22(31-17)24-11-15(12-24)30-21(28)13-4-2-5-14(10-13)25-18(26)8-9-19(25)27/h2-7,10,15H,8-9,11-12H2,1H3. The number of para-hydroxylation sites is 1. The molecule has 0 bridgehead atoms. The lowest BCUT2D eigenvalue weighted by molar-refractivity contribution is -0.121. The van der Waals surface area contributed by atoms with Crippen molar-refractivity contribution < 1.29 is 23.9 Å². The summed E-state index contributed by atoms with van der Waals surface area (Å²) in [6.07, 6.45) is 0.145. The van der Waals surface area contributed by atoms with Gasteiger partial charge in [-0.2, -0.15) is 0 Å². The van der Waals surface area contributed by atoms with Crippen molar-refractivity contribution in [1.82, 2.24) is 4.98 Å². The van der Waals surface area contributed by atoms with Crippen molar-refractivity contribution in [2.24, 2.45) is 0 Å². The molecular weight excluding hydrogens is 418 g/mol. The van der Waals surface area contributed by atoms with Gasteiger partial charge in [-0.3, -0.25) is 14.5 Å². The van der Waals surface area contributed by atoms with Crippen molar-refractivity contribution in [3.05, 3.63) is 48.0 Å². The van der Waals surface area contributed by atoms with Gasteiger partial charge < -0.3 is 14.4 Å². The molecule has 3 aromatic rings. The van der Waals surface area contributed by atoms with Crippen LogP contribution >= 0.6 is 11.3 Å². The third-order valence-corrected chi connectivity index (χ3v) is 6.46. The minimum atomic E-state index is -0.475. The highest BCUT2D eigenvalue weighted by atomic mass is 32.1. The second-order valence-corrected chi connectivity index (χ2v) is 8.42. The van der Waals surface area contributed by atoms with Crippen LogP contribution in [0, 0.1) is 0 Å². The van der Waals surface area contributed by atoms with Gasteiger partial charge in [0.2, 0.25) is 11.8 Å². The van der Waals surface area contributed by atoms with Crippen LogP contribution in [0.5, 0.6) is 5.75 Å². The summed E-state index contributed by atoms with van der Waals surface area (Å²) in [5.41, 5.74) is 1.54. The van der Waals surface area contributed by atoms with E-state index in [-0.39, 0.29) is 30.8 Å². The number of imide groups is 1. The molecule has 2 aliphatic rings. The average Bonchev–Trinajstić information content (AvgIpc) is 3.32. The third-order valence-electron chi connectivity index (χ3n) is 5.37. The summed E-state index contributed by atoms with van der Waals surface area (Å²) in [5.74, 6) is -0.245. The number of esters is 1. The summed E-state index contributed by atoms with van der Waals surface area (Å²) >= 11 is 1.57. The molecule has 3 heterocycles. The maximum absolute atomic E-state index is 12.6. The Labute approximate surface area is 182 Å². The Morgan fingerprint density at radius 2 is 1.84 bits per heavy atom. The van der Waals surface area contributed by atoms with Crippen LogP contribution in [0.15, 0.2) is 42.5 Å². The smallest absolute Gasteiger partial charge is 0.338 e. The lowest BCUT2D eigenvalue weighted by atomic mass is 10.1. The predicted molar refractivity (Wildman–Crippen MR) is 116 cm³/mol. The number of rotatable bonds is 5. The minimum absolute atomic E-state index is 0.197. The Morgan fingerprint density at radius 1 is 1.10 bits per heavy atom. The fourth-order valence-corrected chi connectivity index (χ4v) is 4.74. The van der Waals surface area contributed by atoms with Crippen LogP contribution in [0.3, 0.4) is 0 Å². The van der Waals surface area contributed by atoms with Crippen molar-refractivity contribution in [2.45, 2.75) is 18.9 Å². The molecule has 0 aliphatic carbocycles. The Balaban J connectivity index is 1.24. The zero-order valence-corrected chi connectivity index (χ0v) is 17.6. The number of hydrogen-bond acceptors (Lipinski definition) is 8. The second-order valence-electron chi connectivity index (χ2n) is 7.41. The number of methoxy groups -OCH3 is 1. The quantitative estimate of drug-likeness (QED) is 0.448. The van der Waals surface area contributed by atoms with E-state index in [1.54, 1.807) is 36.6 Å². The van der Waals surface area contributed by atoms with Crippen molar-refractivity contribution in [3.8, 4) is 5.75 Å². The average molecular weight is 437 g/mol. The molecule has 158 valence electrons. The summed E-state index contributed by atoms with van der Waals surface area (Å²) in [6.45, 7) is 1.10. The highest BCUT2D eigenvalue weighted by molar-refractivity contribution is 7.22. The largest absolute Gasteiger partial charge is 0.494 e. The van der Waals surface area contributed by atoms with Gasteiger partial charge in [-0.05, 0) is 30.3 Å². The van der Waals surface area contributed by atoms with Crippen LogP contribution in [0.25, 0.3) is 10.2 Å². The third kappa shape index (κ3) is 3.50. The van der Waals surface area contributed by atoms with E-state index < -0.39 is 5.97 Å². The SMILES string of the molecule is COc1cccc2sc(N3CC(OC(=O)c4cccc(N5C(=O)CCC5=O)c4)C3)nc12. The molecular formula is C22H19N3O5S. The van der Waals surface area contributed by atoms with Crippen molar-refractivity contribution in [1.29, 1.82) is 0 Å². The monoisotopic (exact) mass is 437 g/mol. The molecule has 2 fully saturated rings. The van der Waals surface area contributed by atoms with Crippen LogP contribution in [-0.4, -0.2) is 49.1 Å². The number of carbonyl (C=O) groups is 3. The Hall–Kier alpha value is -3.46. The van der Waals surface area contributed by atoms with Gasteiger partial charge in [-0.15, -0.1) is 0 Å². The number of aromatic nitrogens is 1. The number of nitrogens with zero attached hydrogens (tertiary/aromatic N) is 3. The highest BCUT2D eigenvalue weighted by Gasteiger charge is 2.34. The first kappa shape index (κ1) is 19.5. The molecule has 0 spiro atoms. The lowest BCUT2D eigenvalue weighted by Crippen LogP contribution is -2.53. The minimum Gasteiger partial charge on any atom is -0.494 e. The molecule has 5 rings (SSSR count). The fourth-order valence-electron chi connectivity index (χ4n) is 3.74. The van der Waals surface area contributed by atoms with Crippen LogP contribution in [0.1, 0.15) is 23.2 Å². The van der Waals surface area contributed by atoms with E-state index in [0.717, 1.165) is 26.0 Å². The van der Waals surface area contributed by atoms with Crippen LogP contribution < -0.4 is 14.5 Å². The molecule has 0 saturated carbocycles. The molecule has 1 aromatic heterocycles. The van der Waals surface area contributed by atoms with Gasteiger partial charge in [0, 0.05) is 12.8 Å². The zero-order chi connectivity index (χ0) is 21.5. The van der Waals surface area contributed by atoms with E-state index >= 15 is 0 Å². The number of carbonyl (C=O) groups excluding carboxylic acids is 3. The van der Waals surface area contributed by atoms with E-state index in [1.807, 2.05) is 18.2 Å². The molecule has 2 aliphatic heterocycles. The molecule has 2 saturated heterocycles. The van der Waals surface area contributed by atoms with Crippen molar-refractivity contribution >= 4 is 50.2 Å². The van der Waals surface area contributed by atoms with Gasteiger partial charge in [0.05, 0.1) is 36.2 Å². The number of anilines is 2. The first-order chi connectivity index (χ1) is 15.0. The molecule has 8 nitrogen and oxygen atoms in total. The van der Waals surface area contributed by atoms with Crippen LogP contribution in [0.4, 0.5) is 10.8 Å². The molecule has 9 heteroatoms. The molecule has 0 unspecified atom stereocenters. The molecule has 2 amide bonds. The Bertz CT molecular complexity index is 1180. The number of hydrogen-bond donors (Lipinski definition) is 0. The van der Waals surface area contributed by atoms with Crippen LogP contribution in [0.2, 0.25) is 0 Å². The summed E-state index contributed by atoms with van der Waals surface area (Å²) in [7, 11) is 1.62. The predicted octanol–water partition coefficient (Wildman–Crippen LogP) is 3.00. The molecule has 31 heavy (non-hydrogen) atoms. The number of benzene rings is 2. The van der Waals surface area contributed by atoms with Gasteiger partial charge in [0.15, 0.2) is 5.13 Å². The van der Waals surface area contributed by atoms with E-state index in [4.69, 9.17) is 9.47 Å². The highest BCUT2D eigenvalue weighted by Crippen LogP contribution is 2.36. The van der Waals surface area contributed by atoms with Gasteiger partial charge in [0.1, 0.15) is 17.4 Å². The zero-order valence-electron chi connectivity index (χ0n) is 16.7. The molecule has 0 atom stereocenters. The van der Waals surface area contributed by atoms with E-state index in [1.165, 1.54) is 6.07 Å². The van der Waals surface area contributed by atoms with Crippen LogP contribution in [-0.2, 0) is 14.3 Å². The maximum Gasteiger partial charge on any atom is 0.338 e. The Morgan fingerprint density at radius 3 is 2.58 bits per heavy atom. The number of ether oxygens (including phenoxy) is 2. The summed E-state index contributed by atoms with van der Waals surface area (Å²) in [4.78, 5) is 44.3. The first-order valence-electron chi connectivity index (χ1n) is 9.89. The molecule has 2 aromatic carbocycles.